The topological polar surface area (TPSA) is 70.7 Å². The number of hydrogen-bond donors (Lipinski definition) is 2. The number of methoxy groups -OCH3 is 1. The Labute approximate surface area is 160 Å². The fourth-order valence-electron chi connectivity index (χ4n) is 2.59. The molecule has 27 heavy (non-hydrogen) atoms. The number of nitrogens with zero attached hydrogens (tertiary/aromatic N) is 1. The standard InChI is InChI=1S/C21H27N3O3/c1-16(2)15-24(12-13-27-3)21(26)23-19-11-7-10-18(14-19)22-20(25)17-8-5-4-6-9-17/h4-11,14,16H,12-13,15H2,1-3H3,(H,22,25)(H,23,26). The van der Waals surface area contributed by atoms with Crippen LogP contribution in [0, 0.1) is 5.92 Å². The van der Waals surface area contributed by atoms with Crippen molar-refractivity contribution in [2.24, 2.45) is 5.92 Å². The van der Waals surface area contributed by atoms with Crippen LogP contribution in [0.5, 0.6) is 0 Å². The van der Waals surface area contributed by atoms with E-state index < -0.39 is 0 Å². The molecule has 3 amide bonds. The number of anilines is 2. The highest BCUT2D eigenvalue weighted by Crippen LogP contribution is 2.17. The Balaban J connectivity index is 2.03. The van der Waals surface area contributed by atoms with Crippen LogP contribution in [-0.4, -0.2) is 43.6 Å². The number of hydrogen-bond acceptors (Lipinski definition) is 3. The Morgan fingerprint density at radius 1 is 1.00 bits per heavy atom. The van der Waals surface area contributed by atoms with Crippen molar-refractivity contribution < 1.29 is 14.3 Å². The van der Waals surface area contributed by atoms with Gasteiger partial charge in [0.05, 0.1) is 6.61 Å². The van der Waals surface area contributed by atoms with Gasteiger partial charge in [0, 0.05) is 37.1 Å². The summed E-state index contributed by atoms with van der Waals surface area (Å²) in [5, 5.41) is 5.73. The minimum atomic E-state index is -0.194. The van der Waals surface area contributed by atoms with Crippen molar-refractivity contribution in [1.82, 2.24) is 4.90 Å². The zero-order chi connectivity index (χ0) is 19.6. The Hall–Kier alpha value is -2.86. The molecule has 0 unspecified atom stereocenters. The van der Waals surface area contributed by atoms with Crippen LogP contribution < -0.4 is 10.6 Å². The molecule has 2 aromatic rings. The molecule has 6 nitrogen and oxygen atoms in total. The van der Waals surface area contributed by atoms with Crippen LogP contribution >= 0.6 is 0 Å². The molecule has 0 heterocycles. The van der Waals surface area contributed by atoms with Gasteiger partial charge in [0.15, 0.2) is 0 Å². The molecule has 2 rings (SSSR count). The van der Waals surface area contributed by atoms with Gasteiger partial charge in [-0.3, -0.25) is 4.79 Å². The van der Waals surface area contributed by atoms with Gasteiger partial charge in [0.2, 0.25) is 0 Å². The summed E-state index contributed by atoms with van der Waals surface area (Å²) < 4.78 is 5.09. The molecular formula is C21H27N3O3. The van der Waals surface area contributed by atoms with Crippen LogP contribution in [0.2, 0.25) is 0 Å². The summed E-state index contributed by atoms with van der Waals surface area (Å²) in [5.74, 6) is 0.157. The molecule has 6 heteroatoms. The maximum absolute atomic E-state index is 12.6. The predicted molar refractivity (Wildman–Crippen MR) is 108 cm³/mol. The van der Waals surface area contributed by atoms with Crippen LogP contribution in [0.25, 0.3) is 0 Å². The van der Waals surface area contributed by atoms with Gasteiger partial charge >= 0.3 is 6.03 Å². The first kappa shape index (κ1) is 20.5. The largest absolute Gasteiger partial charge is 0.383 e. The second kappa shape index (κ2) is 10.3. The number of ether oxygens (including phenoxy) is 1. The van der Waals surface area contributed by atoms with E-state index in [0.717, 1.165) is 0 Å². The molecule has 0 radical (unpaired) electrons. The van der Waals surface area contributed by atoms with E-state index >= 15 is 0 Å². The highest BCUT2D eigenvalue weighted by Gasteiger charge is 2.15. The van der Waals surface area contributed by atoms with Gasteiger partial charge in [0.25, 0.3) is 5.91 Å². The molecule has 144 valence electrons. The Bertz CT molecular complexity index is 747. The van der Waals surface area contributed by atoms with E-state index in [1.165, 1.54) is 0 Å². The van der Waals surface area contributed by atoms with Crippen LogP contribution in [0.4, 0.5) is 16.2 Å². The number of carbonyl (C=O) groups excluding carboxylic acids is 2. The van der Waals surface area contributed by atoms with Gasteiger partial charge in [-0.05, 0) is 36.2 Å². The number of urea groups is 1. The fraction of sp³-hybridized carbons (Fsp3) is 0.333. The maximum Gasteiger partial charge on any atom is 0.321 e. The van der Waals surface area contributed by atoms with E-state index in [-0.39, 0.29) is 11.9 Å². The third kappa shape index (κ3) is 6.75. The lowest BCUT2D eigenvalue weighted by molar-refractivity contribution is 0.102. The van der Waals surface area contributed by atoms with Crippen molar-refractivity contribution in [3.63, 3.8) is 0 Å². The van der Waals surface area contributed by atoms with Gasteiger partial charge < -0.3 is 20.3 Å². The first-order chi connectivity index (χ1) is 13.0. The summed E-state index contributed by atoms with van der Waals surface area (Å²) >= 11 is 0. The second-order valence-corrected chi connectivity index (χ2v) is 6.66. The monoisotopic (exact) mass is 369 g/mol. The van der Waals surface area contributed by atoms with Crippen molar-refractivity contribution in [2.75, 3.05) is 37.4 Å². The summed E-state index contributed by atoms with van der Waals surface area (Å²) in [5.41, 5.74) is 1.82. The summed E-state index contributed by atoms with van der Waals surface area (Å²) in [7, 11) is 1.62. The highest BCUT2D eigenvalue weighted by molar-refractivity contribution is 6.04. The number of rotatable bonds is 8. The van der Waals surface area contributed by atoms with Gasteiger partial charge in [0.1, 0.15) is 0 Å². The average molecular weight is 369 g/mol. The molecule has 0 saturated carbocycles. The molecule has 0 aromatic heterocycles. The van der Waals surface area contributed by atoms with Crippen molar-refractivity contribution in [1.29, 1.82) is 0 Å². The van der Waals surface area contributed by atoms with Gasteiger partial charge in [-0.25, -0.2) is 4.79 Å². The minimum absolute atomic E-state index is 0.188. The van der Waals surface area contributed by atoms with Crippen molar-refractivity contribution in [2.45, 2.75) is 13.8 Å². The normalized spacial score (nSPS) is 10.5. The van der Waals surface area contributed by atoms with E-state index in [4.69, 9.17) is 4.74 Å². The number of amides is 3. The molecule has 0 spiro atoms. The maximum atomic E-state index is 12.6. The van der Waals surface area contributed by atoms with Crippen LogP contribution in [-0.2, 0) is 4.74 Å². The lowest BCUT2D eigenvalue weighted by atomic mass is 10.2. The lowest BCUT2D eigenvalue weighted by Crippen LogP contribution is -2.39. The van der Waals surface area contributed by atoms with Gasteiger partial charge in [-0.2, -0.15) is 0 Å². The number of carbonyl (C=O) groups is 2. The first-order valence-corrected chi connectivity index (χ1v) is 9.01. The zero-order valence-electron chi connectivity index (χ0n) is 16.1. The van der Waals surface area contributed by atoms with E-state index in [2.05, 4.69) is 24.5 Å². The highest BCUT2D eigenvalue weighted by atomic mass is 16.5. The van der Waals surface area contributed by atoms with E-state index in [1.807, 2.05) is 18.2 Å². The van der Waals surface area contributed by atoms with Crippen molar-refractivity contribution >= 4 is 23.3 Å². The predicted octanol–water partition coefficient (Wildman–Crippen LogP) is 4.08. The molecule has 0 fully saturated rings. The van der Waals surface area contributed by atoms with E-state index in [9.17, 15) is 9.59 Å². The van der Waals surface area contributed by atoms with Crippen molar-refractivity contribution in [3.05, 3.63) is 60.2 Å². The van der Waals surface area contributed by atoms with Gasteiger partial charge in [-0.15, -0.1) is 0 Å². The molecule has 0 bridgehead atoms. The van der Waals surface area contributed by atoms with Crippen LogP contribution in [0.15, 0.2) is 54.6 Å². The molecular weight excluding hydrogens is 342 g/mol. The number of nitrogens with one attached hydrogen (secondary N) is 2. The summed E-state index contributed by atoms with van der Waals surface area (Å²) in [4.78, 5) is 26.6. The van der Waals surface area contributed by atoms with Crippen molar-refractivity contribution in [3.8, 4) is 0 Å². The molecule has 0 aliphatic carbocycles. The molecule has 0 atom stereocenters. The third-order valence-corrected chi connectivity index (χ3v) is 3.85. The first-order valence-electron chi connectivity index (χ1n) is 9.01. The lowest BCUT2D eigenvalue weighted by Gasteiger charge is -2.24. The summed E-state index contributed by atoms with van der Waals surface area (Å²) in [6.45, 7) is 5.76. The quantitative estimate of drug-likeness (QED) is 0.737. The minimum Gasteiger partial charge on any atom is -0.383 e. The Morgan fingerprint density at radius 3 is 2.30 bits per heavy atom. The smallest absolute Gasteiger partial charge is 0.321 e. The van der Waals surface area contributed by atoms with Gasteiger partial charge in [-0.1, -0.05) is 38.1 Å². The molecule has 2 N–H and O–H groups in total. The van der Waals surface area contributed by atoms with Crippen LogP contribution in [0.1, 0.15) is 24.2 Å². The number of benzene rings is 2. The Morgan fingerprint density at radius 2 is 1.67 bits per heavy atom. The SMILES string of the molecule is COCCN(CC(C)C)C(=O)Nc1cccc(NC(=O)c2ccccc2)c1. The summed E-state index contributed by atoms with van der Waals surface area (Å²) in [6, 6.07) is 15.9. The summed E-state index contributed by atoms with van der Waals surface area (Å²) in [6.07, 6.45) is 0. The van der Waals surface area contributed by atoms with E-state index in [0.29, 0.717) is 42.6 Å². The molecule has 2 aromatic carbocycles. The van der Waals surface area contributed by atoms with E-state index in [1.54, 1.807) is 48.4 Å². The second-order valence-electron chi connectivity index (χ2n) is 6.66. The third-order valence-electron chi connectivity index (χ3n) is 3.85. The fourth-order valence-corrected chi connectivity index (χ4v) is 2.59. The molecule has 0 aliphatic rings. The zero-order valence-corrected chi connectivity index (χ0v) is 16.1. The molecule has 0 aliphatic heterocycles. The average Bonchev–Trinajstić information content (AvgIpc) is 2.65. The Kier molecular flexibility index (Phi) is 7.82. The molecule has 0 saturated heterocycles. The van der Waals surface area contributed by atoms with Crippen LogP contribution in [0.3, 0.4) is 0 Å².